The van der Waals surface area contributed by atoms with E-state index in [1.807, 2.05) is 50.1 Å². The summed E-state index contributed by atoms with van der Waals surface area (Å²) in [6.07, 6.45) is 0.956. The number of benzene rings is 1. The van der Waals surface area contributed by atoms with Crippen molar-refractivity contribution in [3.8, 4) is 11.5 Å². The topological polar surface area (TPSA) is 37.3 Å². The summed E-state index contributed by atoms with van der Waals surface area (Å²) in [6, 6.07) is 6.08. The van der Waals surface area contributed by atoms with Crippen LogP contribution in [0.15, 0.2) is 23.2 Å². The van der Waals surface area contributed by atoms with Gasteiger partial charge >= 0.3 is 0 Å². The number of ether oxygens (including phenoxy) is 2. The van der Waals surface area contributed by atoms with E-state index in [1.54, 1.807) is 14.2 Å². The Kier molecular flexibility index (Phi) is 10.0. The van der Waals surface area contributed by atoms with Crippen molar-refractivity contribution in [2.24, 2.45) is 10.9 Å². The fourth-order valence-corrected chi connectivity index (χ4v) is 2.39. The molecule has 1 aromatic rings. The summed E-state index contributed by atoms with van der Waals surface area (Å²) >= 11 is 0. The van der Waals surface area contributed by atoms with Crippen LogP contribution in [0.2, 0.25) is 0 Å². The molecule has 23 heavy (non-hydrogen) atoms. The molecule has 0 radical (unpaired) electrons. The molecule has 0 bridgehead atoms. The van der Waals surface area contributed by atoms with Crippen molar-refractivity contribution in [1.29, 1.82) is 0 Å². The van der Waals surface area contributed by atoms with Crippen LogP contribution >= 0.6 is 24.0 Å². The van der Waals surface area contributed by atoms with Gasteiger partial charge in [-0.25, -0.2) is 0 Å². The average molecular weight is 435 g/mol. The zero-order valence-corrected chi connectivity index (χ0v) is 17.6. The maximum Gasteiger partial charge on any atom is 0.195 e. The van der Waals surface area contributed by atoms with Crippen molar-refractivity contribution in [3.05, 3.63) is 23.8 Å². The van der Waals surface area contributed by atoms with Gasteiger partial charge in [-0.15, -0.1) is 24.0 Å². The Morgan fingerprint density at radius 2 is 1.61 bits per heavy atom. The Morgan fingerprint density at radius 3 is 2.09 bits per heavy atom. The first-order valence-electron chi connectivity index (χ1n) is 7.49. The maximum absolute atomic E-state index is 5.35. The molecule has 5 nitrogen and oxygen atoms in total. The Bertz CT molecular complexity index is 495. The molecule has 0 fully saturated rings. The number of rotatable bonds is 6. The highest BCUT2D eigenvalue weighted by molar-refractivity contribution is 14.0. The second-order valence-corrected chi connectivity index (χ2v) is 5.93. The lowest BCUT2D eigenvalue weighted by atomic mass is 10.0. The van der Waals surface area contributed by atoms with Crippen molar-refractivity contribution in [1.82, 2.24) is 9.80 Å². The second kappa shape index (κ2) is 10.6. The number of aliphatic imine (C=N–C) groups is 1. The van der Waals surface area contributed by atoms with E-state index in [0.29, 0.717) is 5.92 Å². The molecule has 0 spiro atoms. The van der Waals surface area contributed by atoms with Gasteiger partial charge in [0.25, 0.3) is 0 Å². The average Bonchev–Trinajstić information content (AvgIpc) is 2.46. The molecular formula is C17H30IN3O2. The maximum atomic E-state index is 5.35. The van der Waals surface area contributed by atoms with Gasteiger partial charge in [-0.05, 0) is 30.0 Å². The number of methoxy groups -OCH3 is 2. The summed E-state index contributed by atoms with van der Waals surface area (Å²) < 4.78 is 10.6. The van der Waals surface area contributed by atoms with E-state index in [-0.39, 0.29) is 24.0 Å². The van der Waals surface area contributed by atoms with E-state index < -0.39 is 0 Å². The fraction of sp³-hybridized carbons (Fsp3) is 0.588. The number of halogens is 1. The summed E-state index contributed by atoms with van der Waals surface area (Å²) in [5.41, 5.74) is 1.23. The minimum atomic E-state index is 0. The van der Waals surface area contributed by atoms with Crippen LogP contribution in [0.4, 0.5) is 0 Å². The lowest BCUT2D eigenvalue weighted by molar-refractivity contribution is 0.354. The van der Waals surface area contributed by atoms with Gasteiger partial charge in [-0.3, -0.25) is 4.99 Å². The van der Waals surface area contributed by atoms with Crippen LogP contribution in [0.3, 0.4) is 0 Å². The minimum Gasteiger partial charge on any atom is -0.493 e. The molecule has 0 N–H and O–H groups in total. The van der Waals surface area contributed by atoms with Crippen LogP contribution in [0.1, 0.15) is 12.5 Å². The highest BCUT2D eigenvalue weighted by atomic mass is 127. The zero-order valence-electron chi connectivity index (χ0n) is 15.3. The molecule has 1 atom stereocenters. The Hall–Kier alpha value is -1.18. The summed E-state index contributed by atoms with van der Waals surface area (Å²) in [7, 11) is 11.4. The van der Waals surface area contributed by atoms with Gasteiger partial charge in [-0.2, -0.15) is 0 Å². The van der Waals surface area contributed by atoms with E-state index >= 15 is 0 Å². The van der Waals surface area contributed by atoms with Crippen LogP contribution in [-0.4, -0.2) is 64.7 Å². The Balaban J connectivity index is 0.00000484. The molecule has 0 aromatic heterocycles. The van der Waals surface area contributed by atoms with Gasteiger partial charge in [0.1, 0.15) is 0 Å². The molecule has 0 saturated carbocycles. The third-order valence-electron chi connectivity index (χ3n) is 3.38. The van der Waals surface area contributed by atoms with Crippen LogP contribution < -0.4 is 9.47 Å². The quantitative estimate of drug-likeness (QED) is 0.391. The number of guanidine groups is 1. The van der Waals surface area contributed by atoms with Crippen molar-refractivity contribution in [2.75, 3.05) is 49.0 Å². The number of hydrogen-bond acceptors (Lipinski definition) is 3. The molecule has 6 heteroatoms. The van der Waals surface area contributed by atoms with Crippen LogP contribution in [0, 0.1) is 5.92 Å². The first-order valence-corrected chi connectivity index (χ1v) is 7.49. The minimum absolute atomic E-state index is 0. The standard InChI is InChI=1S/C17H29N3O2.HI/c1-13(12-18-17(19(2)3)20(4)5)10-14-8-9-15(21-6)16(11-14)22-7;/h8-9,11,13H,10,12H2,1-7H3;1H. The Labute approximate surface area is 157 Å². The van der Waals surface area contributed by atoms with Gasteiger partial charge < -0.3 is 19.3 Å². The van der Waals surface area contributed by atoms with Crippen LogP contribution in [0.5, 0.6) is 11.5 Å². The predicted octanol–water partition coefficient (Wildman–Crippen LogP) is 2.98. The van der Waals surface area contributed by atoms with Gasteiger partial charge in [0.05, 0.1) is 14.2 Å². The molecule has 1 rings (SSSR count). The van der Waals surface area contributed by atoms with Crippen molar-refractivity contribution < 1.29 is 9.47 Å². The molecule has 1 unspecified atom stereocenters. The molecule has 0 amide bonds. The lowest BCUT2D eigenvalue weighted by Gasteiger charge is -2.23. The normalized spacial score (nSPS) is 11.1. The highest BCUT2D eigenvalue weighted by Gasteiger charge is 2.10. The van der Waals surface area contributed by atoms with Crippen molar-refractivity contribution in [3.63, 3.8) is 0 Å². The smallest absolute Gasteiger partial charge is 0.195 e. The van der Waals surface area contributed by atoms with E-state index in [1.165, 1.54) is 5.56 Å². The summed E-state index contributed by atoms with van der Waals surface area (Å²) in [5.74, 6) is 2.98. The summed E-state index contributed by atoms with van der Waals surface area (Å²) in [5, 5.41) is 0. The first-order chi connectivity index (χ1) is 10.4. The first kappa shape index (κ1) is 21.8. The van der Waals surface area contributed by atoms with Gasteiger partial charge in [0, 0.05) is 34.7 Å². The van der Waals surface area contributed by atoms with Crippen molar-refractivity contribution in [2.45, 2.75) is 13.3 Å². The predicted molar refractivity (Wildman–Crippen MR) is 108 cm³/mol. The van der Waals surface area contributed by atoms with Crippen LogP contribution in [-0.2, 0) is 6.42 Å². The van der Waals surface area contributed by atoms with Gasteiger partial charge in [0.2, 0.25) is 0 Å². The van der Waals surface area contributed by atoms with Gasteiger partial charge in [0.15, 0.2) is 17.5 Å². The van der Waals surface area contributed by atoms with E-state index in [4.69, 9.17) is 14.5 Å². The highest BCUT2D eigenvalue weighted by Crippen LogP contribution is 2.28. The molecule has 0 aliphatic carbocycles. The molecule has 132 valence electrons. The zero-order chi connectivity index (χ0) is 16.7. The van der Waals surface area contributed by atoms with E-state index in [2.05, 4.69) is 13.0 Å². The Morgan fingerprint density at radius 1 is 1.04 bits per heavy atom. The van der Waals surface area contributed by atoms with E-state index in [0.717, 1.165) is 30.4 Å². The van der Waals surface area contributed by atoms with Crippen LogP contribution in [0.25, 0.3) is 0 Å². The van der Waals surface area contributed by atoms with Gasteiger partial charge in [-0.1, -0.05) is 13.0 Å². The lowest BCUT2D eigenvalue weighted by Crippen LogP contribution is -2.35. The largest absolute Gasteiger partial charge is 0.493 e. The monoisotopic (exact) mass is 435 g/mol. The molecule has 0 heterocycles. The summed E-state index contributed by atoms with van der Waals surface area (Å²) in [6.45, 7) is 3.00. The fourth-order valence-electron chi connectivity index (χ4n) is 2.39. The van der Waals surface area contributed by atoms with Crippen molar-refractivity contribution >= 4 is 29.9 Å². The number of nitrogens with zero attached hydrogens (tertiary/aromatic N) is 3. The summed E-state index contributed by atoms with van der Waals surface area (Å²) in [4.78, 5) is 8.77. The third kappa shape index (κ3) is 6.85. The molecule has 1 aromatic carbocycles. The molecule has 0 aliphatic heterocycles. The number of hydrogen-bond donors (Lipinski definition) is 0. The molecule has 0 aliphatic rings. The third-order valence-corrected chi connectivity index (χ3v) is 3.38. The molecular weight excluding hydrogens is 405 g/mol. The molecule has 0 saturated heterocycles. The second-order valence-electron chi connectivity index (χ2n) is 5.93. The SMILES string of the molecule is COc1ccc(CC(C)CN=C(N(C)C)N(C)C)cc1OC.I. The van der Waals surface area contributed by atoms with E-state index in [9.17, 15) is 0 Å².